The highest BCUT2D eigenvalue weighted by Gasteiger charge is 2.15. The number of allylic oxidation sites excluding steroid dienone is 1. The highest BCUT2D eigenvalue weighted by atomic mass is 15.2. The fourth-order valence-electron chi connectivity index (χ4n) is 2.67. The summed E-state index contributed by atoms with van der Waals surface area (Å²) in [6.45, 7) is 4.49. The minimum absolute atomic E-state index is 1.00. The van der Waals surface area contributed by atoms with E-state index in [0.29, 0.717) is 0 Å². The first-order valence-electron chi connectivity index (χ1n) is 6.83. The molecule has 0 radical (unpaired) electrons. The molecule has 0 amide bonds. The van der Waals surface area contributed by atoms with Crippen LogP contribution in [0.3, 0.4) is 0 Å². The maximum absolute atomic E-state index is 2.50. The van der Waals surface area contributed by atoms with Crippen LogP contribution in [0.4, 0.5) is 0 Å². The van der Waals surface area contributed by atoms with Gasteiger partial charge < -0.3 is 9.80 Å². The standard InChI is InChI=1S/C16H20N2/c1-2-6-15(7-3-1)14-17-12-8-16(9-13-17)18-10-4-5-11-18/h1-3,6-9,12H,4-5,10-11,13-14H2. The summed E-state index contributed by atoms with van der Waals surface area (Å²) in [5, 5.41) is 0. The van der Waals surface area contributed by atoms with Crippen molar-refractivity contribution in [2.24, 2.45) is 0 Å². The van der Waals surface area contributed by atoms with Gasteiger partial charge in [-0.3, -0.25) is 0 Å². The zero-order valence-electron chi connectivity index (χ0n) is 10.8. The van der Waals surface area contributed by atoms with Crippen molar-refractivity contribution in [1.82, 2.24) is 9.80 Å². The Bertz CT molecular complexity index is 441. The first-order valence-corrected chi connectivity index (χ1v) is 6.83. The van der Waals surface area contributed by atoms with Crippen molar-refractivity contribution in [2.45, 2.75) is 19.4 Å². The molecule has 0 aromatic heterocycles. The van der Waals surface area contributed by atoms with E-state index in [1.807, 2.05) is 0 Å². The number of benzene rings is 1. The minimum atomic E-state index is 1.00. The molecule has 94 valence electrons. The van der Waals surface area contributed by atoms with E-state index in [0.717, 1.165) is 13.1 Å². The summed E-state index contributed by atoms with van der Waals surface area (Å²) < 4.78 is 0. The van der Waals surface area contributed by atoms with E-state index in [4.69, 9.17) is 0 Å². The smallest absolute Gasteiger partial charge is 0.0427 e. The zero-order chi connectivity index (χ0) is 12.2. The lowest BCUT2D eigenvalue weighted by molar-refractivity contribution is 0.379. The van der Waals surface area contributed by atoms with Crippen molar-refractivity contribution in [1.29, 1.82) is 0 Å². The van der Waals surface area contributed by atoms with Gasteiger partial charge in [0.25, 0.3) is 0 Å². The van der Waals surface area contributed by atoms with Gasteiger partial charge >= 0.3 is 0 Å². The average Bonchev–Trinajstić information content (AvgIpc) is 2.95. The highest BCUT2D eigenvalue weighted by molar-refractivity contribution is 5.23. The number of likely N-dealkylation sites (tertiary alicyclic amines) is 1. The Morgan fingerprint density at radius 3 is 2.44 bits per heavy atom. The van der Waals surface area contributed by atoms with E-state index in [-0.39, 0.29) is 0 Å². The summed E-state index contributed by atoms with van der Waals surface area (Å²) in [5.74, 6) is 0. The monoisotopic (exact) mass is 240 g/mol. The van der Waals surface area contributed by atoms with Crippen LogP contribution < -0.4 is 0 Å². The highest BCUT2D eigenvalue weighted by Crippen LogP contribution is 2.19. The molecule has 0 bridgehead atoms. The number of hydrogen-bond donors (Lipinski definition) is 0. The molecular formula is C16H20N2. The van der Waals surface area contributed by atoms with Gasteiger partial charge in [0.1, 0.15) is 0 Å². The molecule has 2 aliphatic rings. The topological polar surface area (TPSA) is 6.48 Å². The molecule has 0 saturated carbocycles. The molecule has 0 N–H and O–H groups in total. The van der Waals surface area contributed by atoms with E-state index in [2.05, 4.69) is 58.5 Å². The summed E-state index contributed by atoms with van der Waals surface area (Å²) in [4.78, 5) is 4.85. The first kappa shape index (κ1) is 11.4. The fraction of sp³-hybridized carbons (Fsp3) is 0.375. The summed E-state index contributed by atoms with van der Waals surface area (Å²) in [6, 6.07) is 10.7. The van der Waals surface area contributed by atoms with Crippen LogP contribution in [-0.4, -0.2) is 29.4 Å². The van der Waals surface area contributed by atoms with E-state index in [1.165, 1.54) is 37.2 Å². The molecule has 2 nitrogen and oxygen atoms in total. The molecule has 18 heavy (non-hydrogen) atoms. The van der Waals surface area contributed by atoms with Gasteiger partial charge in [0.2, 0.25) is 0 Å². The number of hydrogen-bond acceptors (Lipinski definition) is 2. The molecule has 1 fully saturated rings. The number of nitrogens with zero attached hydrogens (tertiary/aromatic N) is 2. The van der Waals surface area contributed by atoms with Gasteiger partial charge in [0, 0.05) is 38.1 Å². The van der Waals surface area contributed by atoms with Crippen molar-refractivity contribution < 1.29 is 0 Å². The van der Waals surface area contributed by atoms with Gasteiger partial charge in [-0.2, -0.15) is 0 Å². The Kier molecular flexibility index (Phi) is 3.35. The Morgan fingerprint density at radius 1 is 1.00 bits per heavy atom. The average molecular weight is 240 g/mol. The Balaban J connectivity index is 1.58. The van der Waals surface area contributed by atoms with Crippen molar-refractivity contribution in [2.75, 3.05) is 19.6 Å². The quantitative estimate of drug-likeness (QED) is 0.801. The molecule has 2 aliphatic heterocycles. The summed E-state index contributed by atoms with van der Waals surface area (Å²) in [7, 11) is 0. The van der Waals surface area contributed by atoms with Gasteiger partial charge in [0.15, 0.2) is 0 Å². The van der Waals surface area contributed by atoms with Crippen LogP contribution in [0.5, 0.6) is 0 Å². The van der Waals surface area contributed by atoms with Crippen molar-refractivity contribution in [3.8, 4) is 0 Å². The number of rotatable bonds is 3. The van der Waals surface area contributed by atoms with E-state index >= 15 is 0 Å². The van der Waals surface area contributed by atoms with Gasteiger partial charge in [0.05, 0.1) is 0 Å². The van der Waals surface area contributed by atoms with Crippen LogP contribution in [0, 0.1) is 0 Å². The van der Waals surface area contributed by atoms with E-state index < -0.39 is 0 Å². The fourth-order valence-corrected chi connectivity index (χ4v) is 2.67. The van der Waals surface area contributed by atoms with E-state index in [9.17, 15) is 0 Å². The Hall–Kier alpha value is -1.70. The van der Waals surface area contributed by atoms with Crippen molar-refractivity contribution >= 4 is 0 Å². The van der Waals surface area contributed by atoms with Gasteiger partial charge in [-0.1, -0.05) is 30.3 Å². The molecular weight excluding hydrogens is 220 g/mol. The first-order chi connectivity index (χ1) is 8.92. The Labute approximate surface area is 109 Å². The third-order valence-electron chi connectivity index (χ3n) is 3.69. The molecule has 3 rings (SSSR count). The lowest BCUT2D eigenvalue weighted by Gasteiger charge is -2.27. The second-order valence-corrected chi connectivity index (χ2v) is 5.05. The normalized spacial score (nSPS) is 19.2. The molecule has 0 aliphatic carbocycles. The van der Waals surface area contributed by atoms with Crippen LogP contribution in [0.15, 0.2) is 54.4 Å². The van der Waals surface area contributed by atoms with Crippen molar-refractivity contribution in [3.05, 3.63) is 59.9 Å². The molecule has 2 heterocycles. The lowest BCUT2D eigenvalue weighted by Crippen LogP contribution is -2.25. The van der Waals surface area contributed by atoms with Gasteiger partial charge in [-0.25, -0.2) is 0 Å². The summed E-state index contributed by atoms with van der Waals surface area (Å²) >= 11 is 0. The SMILES string of the molecule is C1=CN(Cc2ccccc2)CC=C1N1CCCC1. The lowest BCUT2D eigenvalue weighted by atomic mass is 10.2. The van der Waals surface area contributed by atoms with E-state index in [1.54, 1.807) is 0 Å². The van der Waals surface area contributed by atoms with Crippen LogP contribution in [0.25, 0.3) is 0 Å². The second-order valence-electron chi connectivity index (χ2n) is 5.05. The predicted molar refractivity (Wildman–Crippen MR) is 74.9 cm³/mol. The second kappa shape index (κ2) is 5.30. The molecule has 1 aromatic carbocycles. The van der Waals surface area contributed by atoms with Crippen LogP contribution in [0.1, 0.15) is 18.4 Å². The molecule has 1 aromatic rings. The molecule has 2 heteroatoms. The van der Waals surface area contributed by atoms with Crippen molar-refractivity contribution in [3.63, 3.8) is 0 Å². The summed E-state index contributed by atoms with van der Waals surface area (Å²) in [6.07, 6.45) is 9.55. The van der Waals surface area contributed by atoms with Gasteiger partial charge in [-0.05, 0) is 30.6 Å². The van der Waals surface area contributed by atoms with Crippen LogP contribution >= 0.6 is 0 Å². The van der Waals surface area contributed by atoms with Gasteiger partial charge in [-0.15, -0.1) is 0 Å². The molecule has 1 saturated heterocycles. The molecule has 0 unspecified atom stereocenters. The Morgan fingerprint density at radius 2 is 1.78 bits per heavy atom. The maximum atomic E-state index is 2.50. The largest absolute Gasteiger partial charge is 0.372 e. The molecule has 0 atom stereocenters. The minimum Gasteiger partial charge on any atom is -0.372 e. The maximum Gasteiger partial charge on any atom is 0.0427 e. The molecule has 0 spiro atoms. The predicted octanol–water partition coefficient (Wildman–Crippen LogP) is 3.00. The third-order valence-corrected chi connectivity index (χ3v) is 3.69. The van der Waals surface area contributed by atoms with Crippen LogP contribution in [0.2, 0.25) is 0 Å². The third kappa shape index (κ3) is 2.58. The summed E-state index contributed by atoms with van der Waals surface area (Å²) in [5.41, 5.74) is 2.79. The zero-order valence-corrected chi connectivity index (χ0v) is 10.8. The van der Waals surface area contributed by atoms with Crippen LogP contribution in [-0.2, 0) is 6.54 Å².